The molecule has 0 saturated carbocycles. The smallest absolute Gasteiger partial charge is 0.319 e. The van der Waals surface area contributed by atoms with Crippen molar-refractivity contribution in [3.05, 3.63) is 66.4 Å². The summed E-state index contributed by atoms with van der Waals surface area (Å²) in [6.45, 7) is 9.27. The number of likely N-dealkylation sites (tertiary alicyclic amines) is 1. The molecule has 2 aliphatic heterocycles. The predicted molar refractivity (Wildman–Crippen MR) is 176 cm³/mol. The number of carbonyl (C=O) groups excluding carboxylic acids is 1. The van der Waals surface area contributed by atoms with Crippen molar-refractivity contribution in [2.75, 3.05) is 44.7 Å². The first-order chi connectivity index (χ1) is 22.7. The van der Waals surface area contributed by atoms with E-state index in [0.717, 1.165) is 35.7 Å². The van der Waals surface area contributed by atoms with Crippen LogP contribution < -0.4 is 9.64 Å². The summed E-state index contributed by atoms with van der Waals surface area (Å²) in [7, 11) is 2.12. The van der Waals surface area contributed by atoms with Crippen LogP contribution >= 0.6 is 0 Å². The number of benzene rings is 1. The van der Waals surface area contributed by atoms with Crippen molar-refractivity contribution in [1.82, 2.24) is 24.8 Å². The maximum atomic E-state index is 16.7. The van der Waals surface area contributed by atoms with Gasteiger partial charge in [-0.05, 0) is 63.4 Å². The van der Waals surface area contributed by atoms with E-state index < -0.39 is 23.6 Å². The van der Waals surface area contributed by atoms with Gasteiger partial charge in [-0.15, -0.1) is 0 Å². The van der Waals surface area contributed by atoms with E-state index in [4.69, 9.17) is 9.72 Å². The molecule has 4 heterocycles. The average molecular weight is 638 g/mol. The lowest BCUT2D eigenvalue weighted by atomic mass is 9.89. The average Bonchev–Trinajstić information content (AvgIpc) is 3.06. The van der Waals surface area contributed by atoms with Crippen molar-refractivity contribution >= 4 is 33.4 Å². The number of piperazine rings is 1. The van der Waals surface area contributed by atoms with Gasteiger partial charge in [0.05, 0.1) is 30.5 Å². The molecular formula is C36H37F2N7O2. The fourth-order valence-corrected chi connectivity index (χ4v) is 7.07. The number of amides is 1. The van der Waals surface area contributed by atoms with Gasteiger partial charge in [0.15, 0.2) is 11.6 Å². The van der Waals surface area contributed by atoms with Crippen molar-refractivity contribution in [3.8, 4) is 23.3 Å². The maximum absolute atomic E-state index is 16.7. The molecule has 11 heteroatoms. The molecule has 3 atom stereocenters. The van der Waals surface area contributed by atoms with Crippen LogP contribution in [0, 0.1) is 42.1 Å². The number of hydrogen-bond acceptors (Lipinski definition) is 8. The summed E-state index contributed by atoms with van der Waals surface area (Å²) in [6, 6.07) is 15.4. The largest absolute Gasteiger partial charge is 0.463 e. The molecule has 2 aliphatic rings. The number of nitrogens with zero attached hydrogens (tertiary/aromatic N) is 7. The SMILES string of the molecule is C=C(F)C(=O)N1CCN(c2nc(OCCC3C(C)CCCN3C)nc3c(F)c(-c4cc#cc5cccc(C)c45)ncc23)C[C@@H]1CC#N. The molecular weight excluding hydrogens is 600 g/mol. The molecule has 0 N–H and O–H groups in total. The number of carbonyl (C=O) groups is 1. The Balaban J connectivity index is 1.41. The molecule has 4 aromatic rings. The van der Waals surface area contributed by atoms with Crippen LogP contribution in [0.3, 0.4) is 0 Å². The van der Waals surface area contributed by atoms with E-state index in [1.165, 1.54) is 11.3 Å². The van der Waals surface area contributed by atoms with E-state index in [2.05, 4.69) is 53.6 Å². The number of nitriles is 1. The molecule has 2 aromatic carbocycles. The van der Waals surface area contributed by atoms with E-state index in [9.17, 15) is 14.4 Å². The molecule has 242 valence electrons. The van der Waals surface area contributed by atoms with Gasteiger partial charge in [0.1, 0.15) is 17.0 Å². The maximum Gasteiger partial charge on any atom is 0.319 e. The van der Waals surface area contributed by atoms with Gasteiger partial charge in [0, 0.05) is 48.2 Å². The Kier molecular flexibility index (Phi) is 9.19. The van der Waals surface area contributed by atoms with E-state index in [1.54, 1.807) is 12.3 Å². The predicted octanol–water partition coefficient (Wildman–Crippen LogP) is 5.81. The van der Waals surface area contributed by atoms with Gasteiger partial charge in [-0.1, -0.05) is 37.8 Å². The first-order valence-corrected chi connectivity index (χ1v) is 16.0. The van der Waals surface area contributed by atoms with E-state index in [0.29, 0.717) is 35.3 Å². The van der Waals surface area contributed by atoms with Crippen molar-refractivity contribution in [2.24, 2.45) is 5.92 Å². The minimum Gasteiger partial charge on any atom is -0.463 e. The fourth-order valence-electron chi connectivity index (χ4n) is 7.07. The summed E-state index contributed by atoms with van der Waals surface area (Å²) < 4.78 is 36.7. The monoisotopic (exact) mass is 637 g/mol. The van der Waals surface area contributed by atoms with Gasteiger partial charge < -0.3 is 19.4 Å². The van der Waals surface area contributed by atoms with Gasteiger partial charge in [-0.2, -0.15) is 15.2 Å². The number of aromatic nitrogens is 3. The van der Waals surface area contributed by atoms with Crippen LogP contribution in [0.5, 0.6) is 6.01 Å². The molecule has 0 spiro atoms. The van der Waals surface area contributed by atoms with Gasteiger partial charge in [-0.25, -0.2) is 8.78 Å². The number of pyridine rings is 1. The van der Waals surface area contributed by atoms with Crippen molar-refractivity contribution < 1.29 is 18.3 Å². The lowest BCUT2D eigenvalue weighted by molar-refractivity contribution is -0.131. The second-order valence-electron chi connectivity index (χ2n) is 12.5. The van der Waals surface area contributed by atoms with E-state index in [-0.39, 0.29) is 43.3 Å². The van der Waals surface area contributed by atoms with Crippen molar-refractivity contribution in [2.45, 2.75) is 51.6 Å². The topological polar surface area (TPSA) is 98.5 Å². The Morgan fingerprint density at radius 2 is 2.09 bits per heavy atom. The number of ether oxygens (including phenoxy) is 1. The molecule has 2 saturated heterocycles. The number of hydrogen-bond donors (Lipinski definition) is 0. The zero-order valence-electron chi connectivity index (χ0n) is 26.9. The Labute approximate surface area is 273 Å². The van der Waals surface area contributed by atoms with Crippen LogP contribution in [0.25, 0.3) is 32.9 Å². The number of rotatable bonds is 8. The van der Waals surface area contributed by atoms with Crippen molar-refractivity contribution in [1.29, 1.82) is 5.26 Å². The molecule has 47 heavy (non-hydrogen) atoms. The standard InChI is InChI=1S/C36H37F2N7O2/c1-22-9-7-16-43(4)29(22)14-19-47-36-41-33-28(34(42-36)44-17-18-45(35(46)24(3)37)26(21-44)13-15-39)20-40-32(31(33)38)27-12-6-11-25-10-5-8-23(2)30(25)27/h5,8,10,12,20,22,26,29H,3,7,9,13-14,16-19,21H2,1-2,4H3/t22?,26-,29?/m0/s1. The third kappa shape index (κ3) is 6.28. The second-order valence-corrected chi connectivity index (χ2v) is 12.5. The number of halogens is 2. The molecule has 0 bridgehead atoms. The second kappa shape index (κ2) is 13.5. The molecule has 6 rings (SSSR count). The molecule has 0 aliphatic carbocycles. The molecule has 1 amide bonds. The lowest BCUT2D eigenvalue weighted by Crippen LogP contribution is -2.55. The van der Waals surface area contributed by atoms with Crippen LogP contribution in [0.2, 0.25) is 0 Å². The van der Waals surface area contributed by atoms with Crippen LogP contribution in [0.4, 0.5) is 14.6 Å². The highest BCUT2D eigenvalue weighted by atomic mass is 19.1. The summed E-state index contributed by atoms with van der Waals surface area (Å²) in [5.41, 5.74) is 1.68. The highest BCUT2D eigenvalue weighted by Crippen LogP contribution is 2.36. The minimum atomic E-state index is -1.08. The quantitative estimate of drug-likeness (QED) is 0.224. The van der Waals surface area contributed by atoms with Crippen LogP contribution in [-0.2, 0) is 4.79 Å². The highest BCUT2D eigenvalue weighted by molar-refractivity contribution is 6.00. The highest BCUT2D eigenvalue weighted by Gasteiger charge is 2.34. The van der Waals surface area contributed by atoms with Gasteiger partial charge in [-0.3, -0.25) is 9.78 Å². The molecule has 9 nitrogen and oxygen atoms in total. The molecule has 2 aromatic heterocycles. The van der Waals surface area contributed by atoms with E-state index >= 15 is 4.39 Å². The third-order valence-corrected chi connectivity index (χ3v) is 9.50. The molecule has 2 fully saturated rings. The first-order valence-electron chi connectivity index (χ1n) is 16.0. The van der Waals surface area contributed by atoms with E-state index in [1.807, 2.05) is 30.0 Å². The van der Waals surface area contributed by atoms with Crippen LogP contribution in [0.15, 0.2) is 42.9 Å². The zero-order chi connectivity index (χ0) is 33.2. The number of fused-ring (bicyclic) bond motifs is 2. The number of piperidine rings is 1. The summed E-state index contributed by atoms with van der Waals surface area (Å²) in [6.07, 6.45) is 4.60. The normalized spacial score (nSPS) is 20.2. The lowest BCUT2D eigenvalue weighted by Gasteiger charge is -2.41. The summed E-state index contributed by atoms with van der Waals surface area (Å²) in [5.74, 6) is -1.67. The minimum absolute atomic E-state index is 0.0242. The summed E-state index contributed by atoms with van der Waals surface area (Å²) in [4.78, 5) is 31.9. The number of aryl methyl sites for hydroxylation is 1. The van der Waals surface area contributed by atoms with Gasteiger partial charge >= 0.3 is 6.01 Å². The Morgan fingerprint density at radius 1 is 1.26 bits per heavy atom. The Bertz CT molecular complexity index is 1860. The zero-order valence-corrected chi connectivity index (χ0v) is 26.9. The number of anilines is 1. The summed E-state index contributed by atoms with van der Waals surface area (Å²) >= 11 is 0. The summed E-state index contributed by atoms with van der Waals surface area (Å²) in [5, 5.41) is 11.5. The third-order valence-electron chi connectivity index (χ3n) is 9.50. The van der Waals surface area contributed by atoms with Crippen molar-refractivity contribution in [3.63, 3.8) is 0 Å². The van der Waals surface area contributed by atoms with Crippen LogP contribution in [0.1, 0.15) is 38.2 Å². The van der Waals surface area contributed by atoms with Gasteiger partial charge in [0.25, 0.3) is 5.91 Å². The molecule has 2 unspecified atom stereocenters. The Hall–Kier alpha value is -4.87. The van der Waals surface area contributed by atoms with Gasteiger partial charge in [0.2, 0.25) is 0 Å². The fraction of sp³-hybridized carbons (Fsp3) is 0.417. The van der Waals surface area contributed by atoms with Crippen LogP contribution in [-0.4, -0.2) is 82.6 Å². The Morgan fingerprint density at radius 3 is 2.85 bits per heavy atom. The first kappa shape index (κ1) is 32.1. The molecule has 0 radical (unpaired) electrons.